The van der Waals surface area contributed by atoms with Gasteiger partial charge in [0.1, 0.15) is 18.2 Å². The molecule has 1 aliphatic rings. The third-order valence-corrected chi connectivity index (χ3v) is 3.96. The van der Waals surface area contributed by atoms with E-state index in [4.69, 9.17) is 19.9 Å². The highest BCUT2D eigenvalue weighted by atomic mass is 19.4. The van der Waals surface area contributed by atoms with E-state index in [2.05, 4.69) is 15.6 Å². The smallest absolute Gasteiger partial charge is 0.475 e. The zero-order valence-electron chi connectivity index (χ0n) is 15.5. The van der Waals surface area contributed by atoms with Crippen molar-refractivity contribution in [3.05, 3.63) is 53.3 Å². The van der Waals surface area contributed by atoms with Gasteiger partial charge >= 0.3 is 12.1 Å². The van der Waals surface area contributed by atoms with Gasteiger partial charge < -0.3 is 20.5 Å². The Bertz CT molecular complexity index is 911. The summed E-state index contributed by atoms with van der Waals surface area (Å²) in [6.45, 7) is 3.00. The van der Waals surface area contributed by atoms with Crippen LogP contribution in [-0.2, 0) is 11.4 Å². The topological polar surface area (TPSA) is 107 Å². The SMILES string of the molecule is N#Cc1ccc(COc2cccc(NCC3CNC3)n2)c(F)c1.O=C(O)C(F)(F)F. The van der Waals surface area contributed by atoms with Gasteiger partial charge in [0, 0.05) is 37.2 Å². The van der Waals surface area contributed by atoms with E-state index in [1.807, 2.05) is 18.2 Å². The summed E-state index contributed by atoms with van der Waals surface area (Å²) in [5, 5.41) is 22.3. The standard InChI is InChI=1S/C17H17FN4O.C2HF3O2/c18-15-6-12(7-19)4-5-14(15)11-23-17-3-1-2-16(22-17)21-10-13-8-20-9-13;3-2(4,5)1(6)7/h1-6,13,20H,8-11H2,(H,21,22);(H,6,7). The number of pyridine rings is 1. The number of carboxylic acid groups (broad SMARTS) is 1. The van der Waals surface area contributed by atoms with E-state index in [1.165, 1.54) is 6.07 Å². The molecule has 30 heavy (non-hydrogen) atoms. The van der Waals surface area contributed by atoms with Crippen LogP contribution in [-0.4, -0.2) is 41.9 Å². The second kappa shape index (κ2) is 10.4. The van der Waals surface area contributed by atoms with Gasteiger partial charge in [0.2, 0.25) is 5.88 Å². The van der Waals surface area contributed by atoms with E-state index in [9.17, 15) is 17.6 Å². The van der Waals surface area contributed by atoms with Crippen molar-refractivity contribution in [1.29, 1.82) is 5.26 Å². The van der Waals surface area contributed by atoms with Crippen molar-refractivity contribution >= 4 is 11.8 Å². The molecule has 2 heterocycles. The lowest BCUT2D eigenvalue weighted by Gasteiger charge is -2.27. The first-order valence-electron chi connectivity index (χ1n) is 8.72. The van der Waals surface area contributed by atoms with Crippen LogP contribution in [0.1, 0.15) is 11.1 Å². The maximum absolute atomic E-state index is 13.8. The Balaban J connectivity index is 0.000000396. The Morgan fingerprint density at radius 3 is 2.57 bits per heavy atom. The highest BCUT2D eigenvalue weighted by molar-refractivity contribution is 5.73. The average Bonchev–Trinajstić information content (AvgIpc) is 2.66. The number of rotatable bonds is 6. The highest BCUT2D eigenvalue weighted by Crippen LogP contribution is 2.16. The number of hydrogen-bond donors (Lipinski definition) is 3. The molecule has 0 amide bonds. The number of nitrogens with zero attached hydrogens (tertiary/aromatic N) is 2. The summed E-state index contributed by atoms with van der Waals surface area (Å²) in [6.07, 6.45) is -5.08. The third-order valence-electron chi connectivity index (χ3n) is 3.96. The van der Waals surface area contributed by atoms with Crippen LogP contribution >= 0.6 is 0 Å². The summed E-state index contributed by atoms with van der Waals surface area (Å²) in [6, 6.07) is 11.7. The zero-order chi connectivity index (χ0) is 22.1. The Morgan fingerprint density at radius 1 is 1.33 bits per heavy atom. The van der Waals surface area contributed by atoms with Crippen molar-refractivity contribution in [2.75, 3.05) is 25.0 Å². The van der Waals surface area contributed by atoms with Crippen LogP contribution in [0.2, 0.25) is 0 Å². The molecule has 7 nitrogen and oxygen atoms in total. The van der Waals surface area contributed by atoms with E-state index in [0.29, 0.717) is 22.9 Å². The number of anilines is 1. The number of benzene rings is 1. The Hall–Kier alpha value is -3.39. The molecule has 1 aromatic carbocycles. The molecule has 0 unspecified atom stereocenters. The minimum absolute atomic E-state index is 0.0700. The van der Waals surface area contributed by atoms with Gasteiger partial charge in [-0.25, -0.2) is 9.18 Å². The highest BCUT2D eigenvalue weighted by Gasteiger charge is 2.38. The number of halogens is 4. The number of carbonyl (C=O) groups is 1. The van der Waals surface area contributed by atoms with Gasteiger partial charge in [0.05, 0.1) is 11.6 Å². The fraction of sp³-hybridized carbons (Fsp3) is 0.316. The van der Waals surface area contributed by atoms with Gasteiger partial charge in [0.25, 0.3) is 0 Å². The first-order valence-corrected chi connectivity index (χ1v) is 8.72. The molecular formula is C19H18F4N4O3. The number of hydrogen-bond acceptors (Lipinski definition) is 6. The first kappa shape index (κ1) is 22.9. The fourth-order valence-corrected chi connectivity index (χ4v) is 2.22. The molecule has 0 saturated carbocycles. The van der Waals surface area contributed by atoms with Gasteiger partial charge in [0.15, 0.2) is 0 Å². The van der Waals surface area contributed by atoms with Gasteiger partial charge in [-0.3, -0.25) is 0 Å². The third kappa shape index (κ3) is 7.21. The number of aromatic nitrogens is 1. The van der Waals surface area contributed by atoms with Crippen LogP contribution in [0.5, 0.6) is 5.88 Å². The summed E-state index contributed by atoms with van der Waals surface area (Å²) in [4.78, 5) is 13.2. The predicted molar refractivity (Wildman–Crippen MR) is 98.2 cm³/mol. The number of nitriles is 1. The normalized spacial score (nSPS) is 13.3. The van der Waals surface area contributed by atoms with E-state index < -0.39 is 18.0 Å². The van der Waals surface area contributed by atoms with Crippen molar-refractivity contribution in [2.24, 2.45) is 5.92 Å². The second-order valence-corrected chi connectivity index (χ2v) is 6.28. The number of ether oxygens (including phenoxy) is 1. The lowest BCUT2D eigenvalue weighted by molar-refractivity contribution is -0.192. The molecule has 0 aliphatic carbocycles. The molecule has 2 aromatic rings. The Labute approximate surface area is 169 Å². The molecule has 0 spiro atoms. The number of carboxylic acids is 1. The van der Waals surface area contributed by atoms with Crippen LogP contribution in [0.4, 0.5) is 23.4 Å². The molecule has 1 saturated heterocycles. The lowest BCUT2D eigenvalue weighted by atomic mass is 10.0. The number of alkyl halides is 3. The van der Waals surface area contributed by atoms with E-state index in [0.717, 1.165) is 25.5 Å². The summed E-state index contributed by atoms with van der Waals surface area (Å²) >= 11 is 0. The minimum Gasteiger partial charge on any atom is -0.475 e. The molecule has 0 radical (unpaired) electrons. The predicted octanol–water partition coefficient (Wildman–Crippen LogP) is 2.94. The number of nitrogens with one attached hydrogen (secondary N) is 2. The zero-order valence-corrected chi connectivity index (χ0v) is 15.5. The fourth-order valence-electron chi connectivity index (χ4n) is 2.22. The maximum atomic E-state index is 13.8. The summed E-state index contributed by atoms with van der Waals surface area (Å²) in [5.74, 6) is -1.39. The van der Waals surface area contributed by atoms with Crippen LogP contribution in [0, 0.1) is 23.1 Å². The molecule has 0 atom stereocenters. The van der Waals surface area contributed by atoms with E-state index in [1.54, 1.807) is 18.2 Å². The number of aliphatic carboxylic acids is 1. The molecule has 11 heteroatoms. The van der Waals surface area contributed by atoms with Crippen LogP contribution in [0.15, 0.2) is 36.4 Å². The Kier molecular flexibility index (Phi) is 7.94. The van der Waals surface area contributed by atoms with Crippen LogP contribution < -0.4 is 15.4 Å². The molecule has 1 fully saturated rings. The van der Waals surface area contributed by atoms with Crippen LogP contribution in [0.25, 0.3) is 0 Å². The van der Waals surface area contributed by atoms with Crippen molar-refractivity contribution < 1.29 is 32.2 Å². The van der Waals surface area contributed by atoms with Crippen molar-refractivity contribution in [3.63, 3.8) is 0 Å². The molecule has 3 rings (SSSR count). The molecule has 0 bridgehead atoms. The first-order chi connectivity index (χ1) is 14.2. The van der Waals surface area contributed by atoms with E-state index >= 15 is 0 Å². The lowest BCUT2D eigenvalue weighted by Crippen LogP contribution is -2.45. The van der Waals surface area contributed by atoms with E-state index in [-0.39, 0.29) is 6.61 Å². The molecule has 1 aliphatic heterocycles. The molecule has 3 N–H and O–H groups in total. The van der Waals surface area contributed by atoms with Crippen molar-refractivity contribution in [3.8, 4) is 11.9 Å². The quantitative estimate of drug-likeness (QED) is 0.610. The molecular weight excluding hydrogens is 408 g/mol. The summed E-state index contributed by atoms with van der Waals surface area (Å²) in [5.41, 5.74) is 0.686. The van der Waals surface area contributed by atoms with Gasteiger partial charge in [-0.1, -0.05) is 12.1 Å². The van der Waals surface area contributed by atoms with Crippen LogP contribution in [0.3, 0.4) is 0 Å². The molecule has 1 aromatic heterocycles. The van der Waals surface area contributed by atoms with Crippen molar-refractivity contribution in [1.82, 2.24) is 10.3 Å². The molecule has 160 valence electrons. The summed E-state index contributed by atoms with van der Waals surface area (Å²) < 4.78 is 51.1. The second-order valence-electron chi connectivity index (χ2n) is 6.28. The van der Waals surface area contributed by atoms with Gasteiger partial charge in [-0.05, 0) is 18.2 Å². The maximum Gasteiger partial charge on any atom is 0.490 e. The summed E-state index contributed by atoms with van der Waals surface area (Å²) in [7, 11) is 0. The van der Waals surface area contributed by atoms with Gasteiger partial charge in [-0.2, -0.15) is 23.4 Å². The van der Waals surface area contributed by atoms with Gasteiger partial charge in [-0.15, -0.1) is 0 Å². The Morgan fingerprint density at radius 2 is 2.03 bits per heavy atom. The monoisotopic (exact) mass is 426 g/mol. The van der Waals surface area contributed by atoms with Crippen molar-refractivity contribution in [2.45, 2.75) is 12.8 Å². The minimum atomic E-state index is -5.08. The average molecular weight is 426 g/mol. The largest absolute Gasteiger partial charge is 0.490 e.